The van der Waals surface area contributed by atoms with E-state index in [9.17, 15) is 14.4 Å². The average molecular weight is 355 g/mol. The number of thioether (sulfide) groups is 1. The number of amides is 1. The van der Waals surface area contributed by atoms with Gasteiger partial charge in [-0.3, -0.25) is 14.4 Å². The Labute approximate surface area is 146 Å². The minimum absolute atomic E-state index is 0.0422. The van der Waals surface area contributed by atoms with Gasteiger partial charge in [0.15, 0.2) is 5.12 Å². The molecular weight excluding hydrogens is 330 g/mol. The number of hydrogen-bond donors (Lipinski definition) is 0. The summed E-state index contributed by atoms with van der Waals surface area (Å²) in [6, 6.07) is 3.46. The van der Waals surface area contributed by atoms with E-state index in [1.54, 1.807) is 39.8 Å². The maximum atomic E-state index is 12.6. The lowest BCUT2D eigenvalue weighted by Gasteiger charge is -2.26. The molecule has 6 nitrogen and oxygen atoms in total. The second-order valence-electron chi connectivity index (χ2n) is 6.56. The molecule has 0 radical (unpaired) electrons. The van der Waals surface area contributed by atoms with Crippen LogP contribution >= 0.6 is 11.8 Å². The zero-order chi connectivity index (χ0) is 18.3. The fourth-order valence-corrected chi connectivity index (χ4v) is 2.58. The normalized spacial score (nSPS) is 12.5. The van der Waals surface area contributed by atoms with Crippen LogP contribution in [-0.4, -0.2) is 39.8 Å². The van der Waals surface area contributed by atoms with Gasteiger partial charge >= 0.3 is 5.97 Å². The summed E-state index contributed by atoms with van der Waals surface area (Å²) in [7, 11) is 0. The summed E-state index contributed by atoms with van der Waals surface area (Å²) in [5, 5.41) is -0.0422. The van der Waals surface area contributed by atoms with Gasteiger partial charge in [0.2, 0.25) is 5.91 Å². The van der Waals surface area contributed by atoms with Crippen molar-refractivity contribution in [1.29, 1.82) is 0 Å². The van der Waals surface area contributed by atoms with E-state index in [0.717, 1.165) is 11.8 Å². The smallest absolute Gasteiger partial charge is 0.326 e. The van der Waals surface area contributed by atoms with Crippen LogP contribution in [0.25, 0.3) is 0 Å². The lowest BCUT2D eigenvalue weighted by Crippen LogP contribution is -2.41. The number of carbonyl (C=O) groups is 3. The van der Waals surface area contributed by atoms with Crippen molar-refractivity contribution in [1.82, 2.24) is 4.90 Å². The molecule has 0 spiro atoms. The lowest BCUT2D eigenvalue weighted by molar-refractivity contribution is -0.159. The Balaban J connectivity index is 2.78. The summed E-state index contributed by atoms with van der Waals surface area (Å²) in [6.07, 6.45) is 1.51. The second kappa shape index (κ2) is 8.92. The SMILES string of the molecule is CC(=O)SCC(C)C(=O)N(CC(=O)OC(C)(C)C)Cc1ccco1. The summed E-state index contributed by atoms with van der Waals surface area (Å²) < 4.78 is 10.6. The Morgan fingerprint density at radius 3 is 2.50 bits per heavy atom. The Morgan fingerprint density at radius 1 is 1.33 bits per heavy atom. The third-order valence-electron chi connectivity index (χ3n) is 2.94. The highest BCUT2D eigenvalue weighted by Crippen LogP contribution is 2.16. The zero-order valence-electron chi connectivity index (χ0n) is 14.8. The van der Waals surface area contributed by atoms with Crippen molar-refractivity contribution >= 4 is 28.8 Å². The van der Waals surface area contributed by atoms with E-state index in [-0.39, 0.29) is 24.1 Å². The first-order valence-electron chi connectivity index (χ1n) is 7.75. The molecule has 0 fully saturated rings. The number of esters is 1. The van der Waals surface area contributed by atoms with E-state index < -0.39 is 17.5 Å². The Bertz CT molecular complexity index is 562. The molecule has 0 aromatic carbocycles. The molecule has 1 amide bonds. The molecule has 0 N–H and O–H groups in total. The van der Waals surface area contributed by atoms with Crippen LogP contribution in [0.3, 0.4) is 0 Å². The summed E-state index contributed by atoms with van der Waals surface area (Å²) >= 11 is 1.10. The van der Waals surface area contributed by atoms with Gasteiger partial charge in [-0.15, -0.1) is 0 Å². The minimum atomic E-state index is -0.618. The molecule has 0 aliphatic heterocycles. The first-order chi connectivity index (χ1) is 11.1. The standard InChI is InChI=1S/C17H25NO5S/c1-12(11-24-13(2)19)16(21)18(9-14-7-6-8-22-14)10-15(20)23-17(3,4)5/h6-8,12H,9-11H2,1-5H3. The molecule has 134 valence electrons. The maximum Gasteiger partial charge on any atom is 0.326 e. The van der Waals surface area contributed by atoms with Crippen molar-refractivity contribution in [2.24, 2.45) is 5.92 Å². The van der Waals surface area contributed by atoms with Crippen LogP contribution in [0.15, 0.2) is 22.8 Å². The molecule has 1 atom stereocenters. The van der Waals surface area contributed by atoms with E-state index in [1.807, 2.05) is 0 Å². The summed E-state index contributed by atoms with van der Waals surface area (Å²) in [5.41, 5.74) is -0.618. The van der Waals surface area contributed by atoms with Gasteiger partial charge in [0, 0.05) is 18.6 Å². The fourth-order valence-electron chi connectivity index (χ4n) is 1.96. The van der Waals surface area contributed by atoms with Gasteiger partial charge in [-0.25, -0.2) is 0 Å². The zero-order valence-corrected chi connectivity index (χ0v) is 15.6. The van der Waals surface area contributed by atoms with Crippen LogP contribution in [0, 0.1) is 5.92 Å². The summed E-state index contributed by atoms with van der Waals surface area (Å²) in [5.74, 6) is -0.133. The van der Waals surface area contributed by atoms with Crippen molar-refractivity contribution in [2.75, 3.05) is 12.3 Å². The van der Waals surface area contributed by atoms with E-state index >= 15 is 0 Å². The van der Waals surface area contributed by atoms with Gasteiger partial charge in [-0.1, -0.05) is 18.7 Å². The Hall–Kier alpha value is -1.76. The number of nitrogens with zero attached hydrogens (tertiary/aromatic N) is 1. The van der Waals surface area contributed by atoms with Crippen molar-refractivity contribution in [3.63, 3.8) is 0 Å². The Kier molecular flexibility index (Phi) is 7.54. The molecular formula is C17H25NO5S. The molecule has 1 aromatic rings. The van der Waals surface area contributed by atoms with Crippen molar-refractivity contribution in [2.45, 2.75) is 46.8 Å². The first-order valence-corrected chi connectivity index (χ1v) is 8.73. The van der Waals surface area contributed by atoms with E-state index in [1.165, 1.54) is 18.1 Å². The molecule has 24 heavy (non-hydrogen) atoms. The average Bonchev–Trinajstić information content (AvgIpc) is 2.94. The predicted molar refractivity (Wildman–Crippen MR) is 92.3 cm³/mol. The highest BCUT2D eigenvalue weighted by atomic mass is 32.2. The van der Waals surface area contributed by atoms with Gasteiger partial charge in [0.25, 0.3) is 0 Å². The number of ether oxygens (including phenoxy) is 1. The fraction of sp³-hybridized carbons (Fsp3) is 0.588. The molecule has 0 saturated carbocycles. The maximum absolute atomic E-state index is 12.6. The van der Waals surface area contributed by atoms with E-state index in [2.05, 4.69) is 0 Å². The van der Waals surface area contributed by atoms with Gasteiger partial charge in [-0.05, 0) is 32.9 Å². The quantitative estimate of drug-likeness (QED) is 0.700. The molecule has 1 aromatic heterocycles. The van der Waals surface area contributed by atoms with Crippen LogP contribution in [0.4, 0.5) is 0 Å². The third-order valence-corrected chi connectivity index (χ3v) is 4.01. The molecule has 0 aliphatic rings. The van der Waals surface area contributed by atoms with Crippen molar-refractivity contribution in [3.05, 3.63) is 24.2 Å². The van der Waals surface area contributed by atoms with Crippen LogP contribution < -0.4 is 0 Å². The topological polar surface area (TPSA) is 76.8 Å². The number of carbonyl (C=O) groups excluding carboxylic acids is 3. The summed E-state index contributed by atoms with van der Waals surface area (Å²) in [4.78, 5) is 37.2. The summed E-state index contributed by atoms with van der Waals surface area (Å²) in [6.45, 7) is 8.54. The van der Waals surface area contributed by atoms with Crippen molar-refractivity contribution in [3.8, 4) is 0 Å². The molecule has 0 saturated heterocycles. The largest absolute Gasteiger partial charge is 0.467 e. The molecule has 1 heterocycles. The molecule has 7 heteroatoms. The first kappa shape index (κ1) is 20.3. The lowest BCUT2D eigenvalue weighted by atomic mass is 10.1. The van der Waals surface area contributed by atoms with Gasteiger partial charge in [0.05, 0.1) is 12.8 Å². The van der Waals surface area contributed by atoms with Gasteiger partial charge in [-0.2, -0.15) is 0 Å². The molecule has 0 aliphatic carbocycles. The minimum Gasteiger partial charge on any atom is -0.467 e. The van der Waals surface area contributed by atoms with E-state index in [4.69, 9.17) is 9.15 Å². The predicted octanol–water partition coefficient (Wildman–Crippen LogP) is 2.87. The monoisotopic (exact) mass is 355 g/mol. The number of rotatable bonds is 7. The number of furan rings is 1. The molecule has 1 unspecified atom stereocenters. The van der Waals surface area contributed by atoms with Gasteiger partial charge < -0.3 is 14.1 Å². The van der Waals surface area contributed by atoms with Crippen molar-refractivity contribution < 1.29 is 23.5 Å². The van der Waals surface area contributed by atoms with Crippen LogP contribution in [-0.2, 0) is 25.7 Å². The van der Waals surface area contributed by atoms with E-state index in [0.29, 0.717) is 11.5 Å². The molecule has 1 rings (SSSR count). The van der Waals surface area contributed by atoms with Gasteiger partial charge in [0.1, 0.15) is 17.9 Å². The Morgan fingerprint density at radius 2 is 2.00 bits per heavy atom. The third kappa shape index (κ3) is 7.68. The number of hydrogen-bond acceptors (Lipinski definition) is 6. The van der Waals surface area contributed by atoms with Crippen LogP contribution in [0.5, 0.6) is 0 Å². The molecule has 0 bridgehead atoms. The second-order valence-corrected chi connectivity index (χ2v) is 7.76. The van der Waals surface area contributed by atoms with Crippen LogP contribution in [0.1, 0.15) is 40.4 Å². The highest BCUT2D eigenvalue weighted by molar-refractivity contribution is 8.13. The highest BCUT2D eigenvalue weighted by Gasteiger charge is 2.26. The van der Waals surface area contributed by atoms with Crippen LogP contribution in [0.2, 0.25) is 0 Å².